The fraction of sp³-hybridized carbons (Fsp3) is 0.286. The van der Waals surface area contributed by atoms with Crippen molar-refractivity contribution in [1.82, 2.24) is 15.5 Å². The van der Waals surface area contributed by atoms with Crippen molar-refractivity contribution in [2.75, 3.05) is 5.73 Å². The lowest BCUT2D eigenvalue weighted by Crippen LogP contribution is -2.32. The van der Waals surface area contributed by atoms with Gasteiger partial charge in [-0.1, -0.05) is 44.2 Å². The molecule has 2 rings (SSSR count). The fourth-order valence-electron chi connectivity index (χ4n) is 1.99. The van der Waals surface area contributed by atoms with E-state index in [-0.39, 0.29) is 17.9 Å². The summed E-state index contributed by atoms with van der Waals surface area (Å²) < 4.78 is 0. The number of amides is 1. The van der Waals surface area contributed by atoms with E-state index in [9.17, 15) is 4.79 Å². The van der Waals surface area contributed by atoms with Gasteiger partial charge < -0.3 is 11.1 Å². The van der Waals surface area contributed by atoms with Crippen molar-refractivity contribution in [1.29, 1.82) is 0 Å². The fourth-order valence-corrected chi connectivity index (χ4v) is 1.99. The third-order valence-electron chi connectivity index (χ3n) is 3.01. The van der Waals surface area contributed by atoms with Gasteiger partial charge in [0.1, 0.15) is 5.69 Å². The molecule has 0 aliphatic carbocycles. The van der Waals surface area contributed by atoms with Gasteiger partial charge in [0, 0.05) is 0 Å². The van der Waals surface area contributed by atoms with E-state index < -0.39 is 0 Å². The highest BCUT2D eigenvalue weighted by atomic mass is 16.2. The third-order valence-corrected chi connectivity index (χ3v) is 3.01. The Morgan fingerprint density at radius 1 is 1.32 bits per heavy atom. The Kier molecular flexibility index (Phi) is 3.85. The van der Waals surface area contributed by atoms with Crippen molar-refractivity contribution >= 4 is 11.6 Å². The van der Waals surface area contributed by atoms with Gasteiger partial charge in [-0.25, -0.2) is 0 Å². The zero-order chi connectivity index (χ0) is 13.8. The maximum absolute atomic E-state index is 12.2. The number of anilines is 1. The minimum absolute atomic E-state index is 0.0589. The molecule has 0 saturated carbocycles. The molecule has 0 spiro atoms. The van der Waals surface area contributed by atoms with Crippen molar-refractivity contribution in [2.45, 2.75) is 19.9 Å². The van der Waals surface area contributed by atoms with Crippen LogP contribution in [0.2, 0.25) is 0 Å². The molecule has 1 unspecified atom stereocenters. The molecule has 0 aliphatic rings. The number of hydrogen-bond acceptors (Lipinski definition) is 3. The number of aromatic nitrogens is 2. The summed E-state index contributed by atoms with van der Waals surface area (Å²) >= 11 is 0. The molecule has 1 aromatic carbocycles. The van der Waals surface area contributed by atoms with Crippen molar-refractivity contribution in [3.8, 4) is 0 Å². The zero-order valence-corrected chi connectivity index (χ0v) is 11.1. The van der Waals surface area contributed by atoms with E-state index in [2.05, 4.69) is 29.4 Å². The average Bonchev–Trinajstić information content (AvgIpc) is 2.82. The Bertz CT molecular complexity index is 548. The number of nitrogens with one attached hydrogen (secondary N) is 2. The van der Waals surface area contributed by atoms with Gasteiger partial charge in [-0.15, -0.1) is 0 Å². The van der Waals surface area contributed by atoms with Crippen LogP contribution in [-0.2, 0) is 0 Å². The summed E-state index contributed by atoms with van der Waals surface area (Å²) in [5, 5.41) is 9.36. The first-order chi connectivity index (χ1) is 9.09. The summed E-state index contributed by atoms with van der Waals surface area (Å²) in [5.41, 5.74) is 7.41. The van der Waals surface area contributed by atoms with E-state index in [1.807, 2.05) is 30.3 Å². The number of carbonyl (C=O) groups is 1. The highest BCUT2D eigenvalue weighted by Crippen LogP contribution is 2.22. The lowest BCUT2D eigenvalue weighted by Gasteiger charge is -2.22. The molecular weight excluding hydrogens is 240 g/mol. The molecule has 5 heteroatoms. The standard InChI is InChI=1S/C14H18N4O/c1-9(2)12(10-6-4-3-5-7-10)17-14(19)13-11(15)8-16-18-13/h3-9,12H,15H2,1-2H3,(H,16,18)(H,17,19). The van der Waals surface area contributed by atoms with E-state index in [1.54, 1.807) is 0 Å². The molecule has 0 aliphatic heterocycles. The first-order valence-electron chi connectivity index (χ1n) is 6.24. The summed E-state index contributed by atoms with van der Waals surface area (Å²) in [6.07, 6.45) is 1.43. The quantitative estimate of drug-likeness (QED) is 0.785. The van der Waals surface area contributed by atoms with Crippen LogP contribution in [0.4, 0.5) is 5.69 Å². The molecule has 0 fully saturated rings. The predicted octanol–water partition coefficient (Wildman–Crippen LogP) is 2.12. The molecule has 2 aromatic rings. The van der Waals surface area contributed by atoms with Crippen LogP contribution in [0.3, 0.4) is 0 Å². The largest absolute Gasteiger partial charge is 0.396 e. The highest BCUT2D eigenvalue weighted by molar-refractivity contribution is 5.97. The van der Waals surface area contributed by atoms with Crippen molar-refractivity contribution in [3.05, 3.63) is 47.8 Å². The second-order valence-corrected chi connectivity index (χ2v) is 4.81. The maximum atomic E-state index is 12.2. The number of carbonyl (C=O) groups excluding carboxylic acids is 1. The van der Waals surface area contributed by atoms with E-state index in [0.717, 1.165) is 5.56 Å². The number of rotatable bonds is 4. The Hall–Kier alpha value is -2.30. The second-order valence-electron chi connectivity index (χ2n) is 4.81. The van der Waals surface area contributed by atoms with Crippen LogP contribution >= 0.6 is 0 Å². The van der Waals surface area contributed by atoms with Gasteiger partial charge in [0.2, 0.25) is 0 Å². The van der Waals surface area contributed by atoms with Gasteiger partial charge >= 0.3 is 0 Å². The lowest BCUT2D eigenvalue weighted by molar-refractivity contribution is 0.0921. The van der Waals surface area contributed by atoms with Gasteiger partial charge in [0.05, 0.1) is 17.9 Å². The van der Waals surface area contributed by atoms with Crippen LogP contribution in [0, 0.1) is 5.92 Å². The minimum Gasteiger partial charge on any atom is -0.396 e. The summed E-state index contributed by atoms with van der Waals surface area (Å²) in [4.78, 5) is 12.2. The van der Waals surface area contributed by atoms with Crippen LogP contribution in [-0.4, -0.2) is 16.1 Å². The first-order valence-corrected chi connectivity index (χ1v) is 6.24. The van der Waals surface area contributed by atoms with Crippen molar-refractivity contribution < 1.29 is 4.79 Å². The van der Waals surface area contributed by atoms with Crippen LogP contribution in [0.25, 0.3) is 0 Å². The third kappa shape index (κ3) is 2.93. The van der Waals surface area contributed by atoms with Gasteiger partial charge in [0.15, 0.2) is 0 Å². The maximum Gasteiger partial charge on any atom is 0.271 e. The Balaban J connectivity index is 2.19. The van der Waals surface area contributed by atoms with Crippen molar-refractivity contribution in [3.63, 3.8) is 0 Å². The van der Waals surface area contributed by atoms with E-state index >= 15 is 0 Å². The second kappa shape index (κ2) is 5.56. The Morgan fingerprint density at radius 2 is 2.00 bits per heavy atom. The highest BCUT2D eigenvalue weighted by Gasteiger charge is 2.20. The normalized spacial score (nSPS) is 12.4. The first kappa shape index (κ1) is 13.1. The smallest absolute Gasteiger partial charge is 0.271 e. The Labute approximate surface area is 112 Å². The predicted molar refractivity (Wildman–Crippen MR) is 74.5 cm³/mol. The van der Waals surface area contributed by atoms with Crippen LogP contribution < -0.4 is 11.1 Å². The lowest BCUT2D eigenvalue weighted by atomic mass is 9.96. The zero-order valence-electron chi connectivity index (χ0n) is 11.1. The van der Waals surface area contributed by atoms with Crippen LogP contribution in [0.15, 0.2) is 36.5 Å². The molecule has 0 bridgehead atoms. The number of hydrogen-bond donors (Lipinski definition) is 3. The topological polar surface area (TPSA) is 83.8 Å². The summed E-state index contributed by atoms with van der Waals surface area (Å²) in [7, 11) is 0. The molecular formula is C14H18N4O. The number of H-pyrrole nitrogens is 1. The summed E-state index contributed by atoms with van der Waals surface area (Å²) in [5.74, 6) is 0.0352. The molecule has 19 heavy (non-hydrogen) atoms. The van der Waals surface area contributed by atoms with Gasteiger partial charge in [0.25, 0.3) is 5.91 Å². The molecule has 1 heterocycles. The van der Waals surface area contributed by atoms with E-state index in [0.29, 0.717) is 11.4 Å². The minimum atomic E-state index is -0.238. The van der Waals surface area contributed by atoms with E-state index in [1.165, 1.54) is 6.20 Å². The van der Waals surface area contributed by atoms with Gasteiger partial charge in [-0.3, -0.25) is 9.89 Å². The summed E-state index contributed by atoms with van der Waals surface area (Å²) in [6.45, 7) is 4.13. The van der Waals surface area contributed by atoms with E-state index in [4.69, 9.17) is 5.73 Å². The molecule has 1 aromatic heterocycles. The Morgan fingerprint density at radius 3 is 2.53 bits per heavy atom. The van der Waals surface area contributed by atoms with Gasteiger partial charge in [-0.2, -0.15) is 5.10 Å². The number of nitrogens with zero attached hydrogens (tertiary/aromatic N) is 1. The molecule has 1 atom stereocenters. The molecule has 0 saturated heterocycles. The van der Waals surface area contributed by atoms with Crippen LogP contribution in [0.5, 0.6) is 0 Å². The number of aromatic amines is 1. The molecule has 100 valence electrons. The van der Waals surface area contributed by atoms with Gasteiger partial charge in [-0.05, 0) is 11.5 Å². The number of benzene rings is 1. The summed E-state index contributed by atoms with van der Waals surface area (Å²) in [6, 6.07) is 9.82. The van der Waals surface area contributed by atoms with Crippen molar-refractivity contribution in [2.24, 2.45) is 5.92 Å². The molecule has 4 N–H and O–H groups in total. The number of nitrogens with two attached hydrogens (primary N) is 1. The number of nitrogen functional groups attached to an aromatic ring is 1. The SMILES string of the molecule is CC(C)C(NC(=O)c1[nH]ncc1N)c1ccccc1. The molecule has 1 amide bonds. The van der Waals surface area contributed by atoms with Crippen LogP contribution in [0.1, 0.15) is 35.9 Å². The monoisotopic (exact) mass is 258 g/mol. The molecule has 5 nitrogen and oxygen atoms in total. The molecule has 0 radical (unpaired) electrons. The average molecular weight is 258 g/mol.